The zero-order valence-electron chi connectivity index (χ0n) is 12.8. The predicted octanol–water partition coefficient (Wildman–Crippen LogP) is 3.13. The second-order valence-corrected chi connectivity index (χ2v) is 6.66. The van der Waals surface area contributed by atoms with E-state index in [1.807, 2.05) is 0 Å². The van der Waals surface area contributed by atoms with E-state index in [9.17, 15) is 22.8 Å². The van der Waals surface area contributed by atoms with E-state index >= 15 is 0 Å². The van der Waals surface area contributed by atoms with E-state index < -0.39 is 36.0 Å². The minimum absolute atomic E-state index is 0.0241. The Morgan fingerprint density at radius 2 is 2.08 bits per heavy atom. The maximum absolute atomic E-state index is 12.8. The summed E-state index contributed by atoms with van der Waals surface area (Å²) in [5.41, 5.74) is -0.553. The van der Waals surface area contributed by atoms with E-state index in [2.05, 4.69) is 15.6 Å². The van der Waals surface area contributed by atoms with Crippen LogP contribution in [0.5, 0.6) is 0 Å². The zero-order valence-corrected chi connectivity index (χ0v) is 14.4. The van der Waals surface area contributed by atoms with Gasteiger partial charge >= 0.3 is 12.3 Å². The van der Waals surface area contributed by atoms with Crippen molar-refractivity contribution in [3.8, 4) is 0 Å². The van der Waals surface area contributed by atoms with Gasteiger partial charge in [-0.1, -0.05) is 23.7 Å². The Kier molecular flexibility index (Phi) is 5.05. The number of thiazole rings is 1. The molecule has 1 aliphatic heterocycles. The van der Waals surface area contributed by atoms with E-state index in [1.165, 1.54) is 0 Å². The monoisotopic (exact) mass is 405 g/mol. The predicted molar refractivity (Wildman–Crippen MR) is 86.8 cm³/mol. The molecule has 1 aliphatic rings. The third-order valence-corrected chi connectivity index (χ3v) is 4.68. The van der Waals surface area contributed by atoms with Crippen LogP contribution in [0.2, 0.25) is 5.02 Å². The number of aromatic nitrogens is 1. The van der Waals surface area contributed by atoms with Crippen molar-refractivity contribution in [2.24, 2.45) is 0 Å². The molecule has 3 rings (SSSR count). The summed E-state index contributed by atoms with van der Waals surface area (Å²) in [7, 11) is 0. The van der Waals surface area contributed by atoms with Crippen molar-refractivity contribution < 1.29 is 27.5 Å². The van der Waals surface area contributed by atoms with Crippen LogP contribution in [0.15, 0.2) is 29.6 Å². The fourth-order valence-corrected chi connectivity index (χ4v) is 3.29. The number of hydrogen-bond donors (Lipinski definition) is 2. The molecule has 2 aromatic rings. The Bertz CT molecular complexity index is 826. The molecular weight excluding hydrogens is 395 g/mol. The summed E-state index contributed by atoms with van der Waals surface area (Å²) >= 11 is 6.60. The van der Waals surface area contributed by atoms with E-state index in [1.54, 1.807) is 24.3 Å². The molecule has 138 valence electrons. The van der Waals surface area contributed by atoms with Crippen molar-refractivity contribution in [2.45, 2.75) is 18.3 Å². The standard InChI is InChI=1S/C15H11ClF3N3O3S/c16-8-3-1-7(2-4-8)11(13-21-10(6-26-13)15(17,18)19)22-12(23)9-5-20-14(24)25-9/h1-4,6,9,11H,5H2,(H,20,24)(H,22,23)/t9-,11?/m0/s1. The molecule has 0 spiro atoms. The van der Waals surface area contributed by atoms with Crippen LogP contribution < -0.4 is 10.6 Å². The second kappa shape index (κ2) is 7.12. The first-order valence-electron chi connectivity index (χ1n) is 7.27. The van der Waals surface area contributed by atoms with Gasteiger partial charge in [0.25, 0.3) is 5.91 Å². The summed E-state index contributed by atoms with van der Waals surface area (Å²) in [6, 6.07) is 5.29. The summed E-state index contributed by atoms with van der Waals surface area (Å²) in [6.07, 6.45) is -6.39. The Morgan fingerprint density at radius 1 is 1.38 bits per heavy atom. The molecule has 0 radical (unpaired) electrons. The SMILES string of the molecule is O=C1NC[C@@H](C(=O)NC(c2ccc(Cl)cc2)c2nc(C(F)(F)F)cs2)O1. The van der Waals surface area contributed by atoms with Crippen LogP contribution in [0.25, 0.3) is 0 Å². The quantitative estimate of drug-likeness (QED) is 0.819. The summed E-state index contributed by atoms with van der Waals surface area (Å²) in [6.45, 7) is -0.0241. The van der Waals surface area contributed by atoms with Gasteiger partial charge in [-0.3, -0.25) is 4.79 Å². The van der Waals surface area contributed by atoms with Crippen molar-refractivity contribution in [3.63, 3.8) is 0 Å². The van der Waals surface area contributed by atoms with Gasteiger partial charge in [-0.15, -0.1) is 11.3 Å². The molecular formula is C15H11ClF3N3O3S. The Balaban J connectivity index is 1.89. The maximum Gasteiger partial charge on any atom is 0.434 e. The number of carbonyl (C=O) groups is 2. The van der Waals surface area contributed by atoms with E-state index in [4.69, 9.17) is 16.3 Å². The molecule has 6 nitrogen and oxygen atoms in total. The summed E-state index contributed by atoms with van der Waals surface area (Å²) < 4.78 is 43.3. The minimum atomic E-state index is -4.59. The van der Waals surface area contributed by atoms with Gasteiger partial charge in [0, 0.05) is 10.4 Å². The third kappa shape index (κ3) is 4.07. The number of hydrogen-bond acceptors (Lipinski definition) is 5. The van der Waals surface area contributed by atoms with Crippen LogP contribution in [0, 0.1) is 0 Å². The molecule has 0 bridgehead atoms. The lowest BCUT2D eigenvalue weighted by atomic mass is 10.1. The molecule has 0 aliphatic carbocycles. The van der Waals surface area contributed by atoms with E-state index in [0.717, 1.165) is 16.7 Å². The molecule has 1 unspecified atom stereocenters. The zero-order chi connectivity index (χ0) is 18.9. The van der Waals surface area contributed by atoms with Crippen LogP contribution >= 0.6 is 22.9 Å². The summed E-state index contributed by atoms with van der Waals surface area (Å²) in [4.78, 5) is 27.0. The van der Waals surface area contributed by atoms with Crippen LogP contribution in [0.3, 0.4) is 0 Å². The van der Waals surface area contributed by atoms with Crippen molar-refractivity contribution in [2.75, 3.05) is 6.54 Å². The third-order valence-electron chi connectivity index (χ3n) is 3.52. The highest BCUT2D eigenvalue weighted by Crippen LogP contribution is 2.33. The summed E-state index contributed by atoms with van der Waals surface area (Å²) in [5.74, 6) is -0.646. The number of nitrogens with one attached hydrogen (secondary N) is 2. The Hall–Kier alpha value is -2.33. The first-order valence-corrected chi connectivity index (χ1v) is 8.53. The van der Waals surface area contributed by atoms with Crippen molar-refractivity contribution in [1.29, 1.82) is 0 Å². The maximum atomic E-state index is 12.8. The smallest absolute Gasteiger partial charge is 0.434 e. The first-order chi connectivity index (χ1) is 12.2. The van der Waals surface area contributed by atoms with Crippen LogP contribution in [-0.4, -0.2) is 29.6 Å². The average Bonchev–Trinajstić information content (AvgIpc) is 3.22. The van der Waals surface area contributed by atoms with Crippen molar-refractivity contribution in [1.82, 2.24) is 15.6 Å². The lowest BCUT2D eigenvalue weighted by molar-refractivity contribution is -0.140. The van der Waals surface area contributed by atoms with Crippen LogP contribution in [0.4, 0.5) is 18.0 Å². The average molecular weight is 406 g/mol. The lowest BCUT2D eigenvalue weighted by Gasteiger charge is -2.19. The molecule has 26 heavy (non-hydrogen) atoms. The normalized spacial score (nSPS) is 18.2. The van der Waals surface area contributed by atoms with E-state index in [0.29, 0.717) is 10.6 Å². The van der Waals surface area contributed by atoms with Gasteiger partial charge in [-0.05, 0) is 17.7 Å². The number of carbonyl (C=O) groups excluding carboxylic acids is 2. The fraction of sp³-hybridized carbons (Fsp3) is 0.267. The molecule has 2 atom stereocenters. The van der Waals surface area contributed by atoms with Gasteiger partial charge < -0.3 is 15.4 Å². The largest absolute Gasteiger partial charge is 0.434 e. The highest BCUT2D eigenvalue weighted by molar-refractivity contribution is 7.09. The Labute approximate surface area is 154 Å². The topological polar surface area (TPSA) is 80.3 Å². The lowest BCUT2D eigenvalue weighted by Crippen LogP contribution is -2.39. The first kappa shape index (κ1) is 18.5. The van der Waals surface area contributed by atoms with Gasteiger partial charge in [-0.25, -0.2) is 9.78 Å². The number of nitrogens with zero attached hydrogens (tertiary/aromatic N) is 1. The van der Waals surface area contributed by atoms with Gasteiger partial charge in [0.1, 0.15) is 11.0 Å². The fourth-order valence-electron chi connectivity index (χ4n) is 2.26. The molecule has 2 N–H and O–H groups in total. The van der Waals surface area contributed by atoms with Gasteiger partial charge in [0.15, 0.2) is 11.8 Å². The highest BCUT2D eigenvalue weighted by Gasteiger charge is 2.36. The number of halogens is 4. The number of benzene rings is 1. The molecule has 1 aromatic carbocycles. The van der Waals surface area contributed by atoms with Crippen LogP contribution in [-0.2, 0) is 15.7 Å². The minimum Gasteiger partial charge on any atom is -0.434 e. The number of amides is 2. The number of alkyl halides is 3. The molecule has 1 fully saturated rings. The number of cyclic esters (lactones) is 1. The van der Waals surface area contributed by atoms with Gasteiger partial charge in [0.2, 0.25) is 0 Å². The summed E-state index contributed by atoms with van der Waals surface area (Å²) in [5, 5.41) is 6.27. The second-order valence-electron chi connectivity index (χ2n) is 5.34. The molecule has 11 heteroatoms. The molecule has 1 aromatic heterocycles. The molecule has 1 saturated heterocycles. The number of rotatable bonds is 4. The Morgan fingerprint density at radius 3 is 2.62 bits per heavy atom. The number of alkyl carbamates (subject to hydrolysis) is 1. The number of ether oxygens (including phenoxy) is 1. The van der Waals surface area contributed by atoms with Crippen molar-refractivity contribution >= 4 is 34.9 Å². The van der Waals surface area contributed by atoms with E-state index in [-0.39, 0.29) is 11.6 Å². The van der Waals surface area contributed by atoms with Crippen molar-refractivity contribution in [3.05, 3.63) is 50.9 Å². The van der Waals surface area contributed by atoms with Gasteiger partial charge in [-0.2, -0.15) is 13.2 Å². The molecule has 2 amide bonds. The highest BCUT2D eigenvalue weighted by atomic mass is 35.5. The molecule has 0 saturated carbocycles. The molecule has 2 heterocycles. The van der Waals surface area contributed by atoms with Gasteiger partial charge in [0.05, 0.1) is 6.54 Å². The van der Waals surface area contributed by atoms with Crippen LogP contribution in [0.1, 0.15) is 22.3 Å².